The molecule has 23 heavy (non-hydrogen) atoms. The van der Waals surface area contributed by atoms with Gasteiger partial charge in [0, 0.05) is 17.0 Å². The monoisotopic (exact) mass is 335 g/mol. The maximum Gasteiger partial charge on any atom is 0.315 e. The highest BCUT2D eigenvalue weighted by atomic mass is 32.1. The highest BCUT2D eigenvalue weighted by molar-refractivity contribution is 7.09. The zero-order chi connectivity index (χ0) is 16.8. The molecule has 1 heterocycles. The number of rotatable bonds is 6. The number of urea groups is 1. The smallest absolute Gasteiger partial charge is 0.315 e. The summed E-state index contributed by atoms with van der Waals surface area (Å²) in [6.07, 6.45) is 0. The minimum absolute atomic E-state index is 0.201. The van der Waals surface area contributed by atoms with Crippen LogP contribution in [-0.4, -0.2) is 25.2 Å². The Hall–Kier alpha value is -2.28. The van der Waals surface area contributed by atoms with Gasteiger partial charge in [-0.05, 0) is 26.0 Å². The standard InChI is InChI=1S/C16H21N3O3S/c1-10(14-6-5-13(21-3)7-15(14)22-4)18-16(20)17-8-12-9-23-11(2)19-12/h5-7,9-10H,8H2,1-4H3,(H2,17,18,20). The fourth-order valence-electron chi connectivity index (χ4n) is 2.16. The maximum atomic E-state index is 12.0. The number of nitrogens with one attached hydrogen (secondary N) is 2. The number of thiazole rings is 1. The molecule has 7 heteroatoms. The van der Waals surface area contributed by atoms with Gasteiger partial charge in [-0.1, -0.05) is 0 Å². The fourth-order valence-corrected chi connectivity index (χ4v) is 2.77. The summed E-state index contributed by atoms with van der Waals surface area (Å²) in [5, 5.41) is 8.61. The number of aromatic nitrogens is 1. The number of methoxy groups -OCH3 is 2. The summed E-state index contributed by atoms with van der Waals surface area (Å²) < 4.78 is 10.5. The highest BCUT2D eigenvalue weighted by Gasteiger charge is 2.15. The van der Waals surface area contributed by atoms with E-state index >= 15 is 0 Å². The summed E-state index contributed by atoms with van der Waals surface area (Å²) in [7, 11) is 3.19. The van der Waals surface area contributed by atoms with Crippen LogP contribution in [0, 0.1) is 6.92 Å². The van der Waals surface area contributed by atoms with Gasteiger partial charge in [0.2, 0.25) is 0 Å². The third-order valence-electron chi connectivity index (χ3n) is 3.35. The van der Waals surface area contributed by atoms with E-state index in [2.05, 4.69) is 15.6 Å². The first-order valence-corrected chi connectivity index (χ1v) is 8.08. The summed E-state index contributed by atoms with van der Waals surface area (Å²) in [6, 6.07) is 5.07. The second kappa shape index (κ2) is 7.82. The number of hydrogen-bond acceptors (Lipinski definition) is 5. The van der Waals surface area contributed by atoms with Gasteiger partial charge >= 0.3 is 6.03 Å². The molecular formula is C16H21N3O3S. The zero-order valence-corrected chi connectivity index (χ0v) is 14.5. The maximum absolute atomic E-state index is 12.0. The quantitative estimate of drug-likeness (QED) is 0.851. The molecule has 6 nitrogen and oxygen atoms in total. The first kappa shape index (κ1) is 17.1. The Bertz CT molecular complexity index is 672. The average Bonchev–Trinajstić information content (AvgIpc) is 2.97. The largest absolute Gasteiger partial charge is 0.497 e. The first-order valence-electron chi connectivity index (χ1n) is 7.20. The topological polar surface area (TPSA) is 72.5 Å². The lowest BCUT2D eigenvalue weighted by Gasteiger charge is -2.18. The number of nitrogens with zero attached hydrogens (tertiary/aromatic N) is 1. The van der Waals surface area contributed by atoms with Gasteiger partial charge in [-0.15, -0.1) is 11.3 Å². The highest BCUT2D eigenvalue weighted by Crippen LogP contribution is 2.29. The molecule has 0 bridgehead atoms. The molecule has 0 aliphatic heterocycles. The summed E-state index contributed by atoms with van der Waals surface area (Å²) in [5.41, 5.74) is 1.74. The van der Waals surface area contributed by atoms with Gasteiger partial charge in [-0.25, -0.2) is 9.78 Å². The average molecular weight is 335 g/mol. The van der Waals surface area contributed by atoms with Crippen molar-refractivity contribution < 1.29 is 14.3 Å². The minimum Gasteiger partial charge on any atom is -0.497 e. The van der Waals surface area contributed by atoms with Crippen molar-refractivity contribution in [3.05, 3.63) is 39.8 Å². The van der Waals surface area contributed by atoms with Crippen LogP contribution in [0.4, 0.5) is 4.79 Å². The van der Waals surface area contributed by atoms with E-state index in [-0.39, 0.29) is 12.1 Å². The van der Waals surface area contributed by atoms with E-state index in [1.807, 2.05) is 31.4 Å². The van der Waals surface area contributed by atoms with Gasteiger partial charge in [0.1, 0.15) is 11.5 Å². The predicted octanol–water partition coefficient (Wildman–Crippen LogP) is 3.03. The van der Waals surface area contributed by atoms with Crippen LogP contribution in [0.15, 0.2) is 23.6 Å². The Morgan fingerprint density at radius 1 is 1.35 bits per heavy atom. The van der Waals surface area contributed by atoms with E-state index in [1.54, 1.807) is 31.6 Å². The molecule has 2 aromatic rings. The van der Waals surface area contributed by atoms with Gasteiger partial charge in [-0.2, -0.15) is 0 Å². The summed E-state index contributed by atoms with van der Waals surface area (Å²) in [6.45, 7) is 4.24. The molecule has 2 N–H and O–H groups in total. The normalized spacial score (nSPS) is 11.7. The third kappa shape index (κ3) is 4.59. The summed E-state index contributed by atoms with van der Waals surface area (Å²) >= 11 is 1.56. The molecule has 2 rings (SSSR count). The third-order valence-corrected chi connectivity index (χ3v) is 4.17. The number of hydrogen-bond donors (Lipinski definition) is 2. The van der Waals surface area contributed by atoms with Crippen molar-refractivity contribution in [2.45, 2.75) is 26.4 Å². The van der Waals surface area contributed by atoms with Crippen LogP contribution in [-0.2, 0) is 6.54 Å². The van der Waals surface area contributed by atoms with Gasteiger partial charge in [-0.3, -0.25) is 0 Å². The number of ether oxygens (including phenoxy) is 2. The Balaban J connectivity index is 1.95. The summed E-state index contributed by atoms with van der Waals surface area (Å²) in [5.74, 6) is 1.38. The second-order valence-corrected chi connectivity index (χ2v) is 6.08. The Labute approximate surface area is 139 Å². The molecule has 0 aliphatic carbocycles. The Morgan fingerprint density at radius 3 is 2.74 bits per heavy atom. The van der Waals surface area contributed by atoms with Crippen molar-refractivity contribution in [1.82, 2.24) is 15.6 Å². The molecule has 0 spiro atoms. The van der Waals surface area contributed by atoms with Gasteiger partial charge in [0.25, 0.3) is 0 Å². The van der Waals surface area contributed by atoms with Crippen LogP contribution in [0.5, 0.6) is 11.5 Å². The molecule has 0 fully saturated rings. The van der Waals surface area contributed by atoms with Crippen molar-refractivity contribution in [3.8, 4) is 11.5 Å². The Morgan fingerprint density at radius 2 is 2.13 bits per heavy atom. The van der Waals surface area contributed by atoms with Crippen LogP contribution in [0.3, 0.4) is 0 Å². The molecule has 0 radical (unpaired) electrons. The van der Waals surface area contributed by atoms with E-state index < -0.39 is 0 Å². The van der Waals surface area contributed by atoms with Gasteiger partial charge in [0.05, 0.1) is 37.5 Å². The lowest BCUT2D eigenvalue weighted by atomic mass is 10.1. The molecule has 2 amide bonds. The molecule has 1 aromatic carbocycles. The van der Waals surface area contributed by atoms with Crippen molar-refractivity contribution >= 4 is 17.4 Å². The van der Waals surface area contributed by atoms with Crippen molar-refractivity contribution in [2.75, 3.05) is 14.2 Å². The van der Waals surface area contributed by atoms with E-state index in [1.165, 1.54) is 0 Å². The van der Waals surface area contributed by atoms with E-state index in [0.717, 1.165) is 16.3 Å². The number of benzene rings is 1. The van der Waals surface area contributed by atoms with Crippen LogP contribution in [0.1, 0.15) is 29.2 Å². The van der Waals surface area contributed by atoms with Crippen LogP contribution in [0.2, 0.25) is 0 Å². The number of carbonyl (C=O) groups is 1. The van der Waals surface area contributed by atoms with Crippen LogP contribution >= 0.6 is 11.3 Å². The fraction of sp³-hybridized carbons (Fsp3) is 0.375. The molecule has 0 saturated carbocycles. The predicted molar refractivity (Wildman–Crippen MR) is 90.2 cm³/mol. The first-order chi connectivity index (χ1) is 11.0. The molecule has 0 aliphatic rings. The number of carbonyl (C=O) groups excluding carboxylic acids is 1. The zero-order valence-electron chi connectivity index (χ0n) is 13.7. The molecule has 1 aromatic heterocycles. The number of aryl methyl sites for hydroxylation is 1. The van der Waals surface area contributed by atoms with Crippen molar-refractivity contribution in [2.24, 2.45) is 0 Å². The van der Waals surface area contributed by atoms with Gasteiger partial charge in [0.15, 0.2) is 0 Å². The lowest BCUT2D eigenvalue weighted by Crippen LogP contribution is -2.36. The SMILES string of the molecule is COc1ccc(C(C)NC(=O)NCc2csc(C)n2)c(OC)c1. The molecule has 0 saturated heterocycles. The summed E-state index contributed by atoms with van der Waals surface area (Å²) in [4.78, 5) is 16.3. The van der Waals surface area contributed by atoms with Crippen molar-refractivity contribution in [3.63, 3.8) is 0 Å². The van der Waals surface area contributed by atoms with E-state index in [9.17, 15) is 4.79 Å². The van der Waals surface area contributed by atoms with Crippen LogP contribution in [0.25, 0.3) is 0 Å². The Kier molecular flexibility index (Phi) is 5.81. The second-order valence-electron chi connectivity index (χ2n) is 5.01. The van der Waals surface area contributed by atoms with E-state index in [0.29, 0.717) is 18.0 Å². The molecule has 124 valence electrons. The molecule has 1 unspecified atom stereocenters. The minimum atomic E-state index is -0.249. The van der Waals surface area contributed by atoms with Crippen LogP contribution < -0.4 is 20.1 Å². The number of amides is 2. The molecular weight excluding hydrogens is 314 g/mol. The van der Waals surface area contributed by atoms with Gasteiger partial charge < -0.3 is 20.1 Å². The lowest BCUT2D eigenvalue weighted by molar-refractivity contribution is 0.237. The van der Waals surface area contributed by atoms with Crippen molar-refractivity contribution in [1.29, 1.82) is 0 Å². The van der Waals surface area contributed by atoms with E-state index in [4.69, 9.17) is 9.47 Å². The molecule has 1 atom stereocenters.